The van der Waals surface area contributed by atoms with Crippen LogP contribution < -0.4 is 10.2 Å². The van der Waals surface area contributed by atoms with Crippen molar-refractivity contribution < 1.29 is 13.9 Å². The Hall–Kier alpha value is -3.87. The number of carbonyl (C=O) groups excluding carboxylic acids is 1. The lowest BCUT2D eigenvalue weighted by atomic mass is 10.2. The number of benzene rings is 1. The summed E-state index contributed by atoms with van der Waals surface area (Å²) in [5.41, 5.74) is 5.73. The van der Waals surface area contributed by atoms with Crippen molar-refractivity contribution in [3.63, 3.8) is 0 Å². The lowest BCUT2D eigenvalue weighted by Crippen LogP contribution is -2.24. The van der Waals surface area contributed by atoms with E-state index in [9.17, 15) is 4.79 Å². The normalized spacial score (nSPS) is 11.1. The lowest BCUT2D eigenvalue weighted by Gasteiger charge is -2.08. The molecule has 1 aromatic carbocycles. The predicted octanol–water partition coefficient (Wildman–Crippen LogP) is 3.35. The zero-order chi connectivity index (χ0) is 18.5. The average molecular weight is 360 g/mol. The van der Waals surface area contributed by atoms with Gasteiger partial charge in [-0.2, -0.15) is 5.10 Å². The molecule has 0 aliphatic heterocycles. The van der Waals surface area contributed by atoms with Gasteiger partial charge in [0.05, 0.1) is 18.7 Å². The van der Waals surface area contributed by atoms with E-state index in [-0.39, 0.29) is 12.5 Å². The standard InChI is InChI=1S/C20H16N4O3/c25-19(24-23-11-14-3-4-15-5-8-21-17(15)10-14)13-27-18-2-1-7-22-20(18)16-6-9-26-12-16/h1-12,21H,13H2,(H,24,25)/b23-11+. The molecule has 0 radical (unpaired) electrons. The number of ether oxygens (including phenoxy) is 1. The second-order valence-electron chi connectivity index (χ2n) is 5.77. The van der Waals surface area contributed by atoms with Crippen molar-refractivity contribution in [3.05, 3.63) is 72.9 Å². The number of nitrogens with zero attached hydrogens (tertiary/aromatic N) is 2. The first-order chi connectivity index (χ1) is 13.3. The van der Waals surface area contributed by atoms with Crippen LogP contribution in [0.5, 0.6) is 5.75 Å². The molecule has 27 heavy (non-hydrogen) atoms. The highest BCUT2D eigenvalue weighted by atomic mass is 16.5. The highest BCUT2D eigenvalue weighted by Crippen LogP contribution is 2.27. The SMILES string of the molecule is O=C(COc1cccnc1-c1ccoc1)N/N=C/c1ccc2cc[nH]c2c1. The Morgan fingerprint density at radius 2 is 2.26 bits per heavy atom. The van der Waals surface area contributed by atoms with Crippen LogP contribution in [0.2, 0.25) is 0 Å². The van der Waals surface area contributed by atoms with Crippen LogP contribution in [0.15, 0.2) is 76.9 Å². The largest absolute Gasteiger partial charge is 0.481 e. The zero-order valence-electron chi connectivity index (χ0n) is 14.3. The van der Waals surface area contributed by atoms with E-state index in [1.165, 1.54) is 0 Å². The molecule has 0 bridgehead atoms. The fourth-order valence-electron chi connectivity index (χ4n) is 2.62. The number of carbonyl (C=O) groups is 1. The third-order valence-corrected chi connectivity index (χ3v) is 3.91. The van der Waals surface area contributed by atoms with Gasteiger partial charge in [-0.15, -0.1) is 0 Å². The van der Waals surface area contributed by atoms with Crippen molar-refractivity contribution in [2.45, 2.75) is 0 Å². The second kappa shape index (κ2) is 7.57. The van der Waals surface area contributed by atoms with Crippen molar-refractivity contribution in [1.82, 2.24) is 15.4 Å². The van der Waals surface area contributed by atoms with Gasteiger partial charge in [0.25, 0.3) is 5.91 Å². The Kier molecular flexibility index (Phi) is 4.65. The first-order valence-corrected chi connectivity index (χ1v) is 8.29. The first kappa shape index (κ1) is 16.6. The highest BCUT2D eigenvalue weighted by Gasteiger charge is 2.10. The Bertz CT molecular complexity index is 1080. The summed E-state index contributed by atoms with van der Waals surface area (Å²) >= 11 is 0. The van der Waals surface area contributed by atoms with E-state index in [0.29, 0.717) is 11.4 Å². The number of H-pyrrole nitrogens is 1. The van der Waals surface area contributed by atoms with Gasteiger partial charge in [0, 0.05) is 23.5 Å². The Morgan fingerprint density at radius 3 is 3.15 bits per heavy atom. The molecule has 1 amide bonds. The molecule has 0 fully saturated rings. The van der Waals surface area contributed by atoms with Gasteiger partial charge in [0.1, 0.15) is 11.4 Å². The molecule has 0 spiro atoms. The molecule has 134 valence electrons. The quantitative estimate of drug-likeness (QED) is 0.407. The van der Waals surface area contributed by atoms with E-state index in [1.54, 1.807) is 43.1 Å². The van der Waals surface area contributed by atoms with Crippen molar-refractivity contribution >= 4 is 23.0 Å². The number of amides is 1. The van der Waals surface area contributed by atoms with Crippen LogP contribution in [-0.2, 0) is 4.79 Å². The van der Waals surface area contributed by atoms with Crippen molar-refractivity contribution in [3.8, 4) is 17.0 Å². The summed E-state index contributed by atoms with van der Waals surface area (Å²) in [7, 11) is 0. The third kappa shape index (κ3) is 3.87. The van der Waals surface area contributed by atoms with E-state index in [2.05, 4.69) is 20.5 Å². The maximum Gasteiger partial charge on any atom is 0.277 e. The fraction of sp³-hybridized carbons (Fsp3) is 0.0500. The minimum absolute atomic E-state index is 0.177. The van der Waals surface area contributed by atoms with Gasteiger partial charge >= 0.3 is 0 Å². The number of hydrogen-bond donors (Lipinski definition) is 2. The van der Waals surface area contributed by atoms with Gasteiger partial charge in [0.2, 0.25) is 0 Å². The molecule has 0 saturated heterocycles. The van der Waals surface area contributed by atoms with Crippen LogP contribution in [0.1, 0.15) is 5.56 Å². The smallest absolute Gasteiger partial charge is 0.277 e. The molecule has 7 heteroatoms. The Balaban J connectivity index is 1.35. The average Bonchev–Trinajstić information content (AvgIpc) is 3.38. The molecule has 0 aliphatic rings. The Labute approximate surface area is 154 Å². The number of furan rings is 1. The number of hydrogen-bond acceptors (Lipinski definition) is 5. The van der Waals surface area contributed by atoms with E-state index >= 15 is 0 Å². The van der Waals surface area contributed by atoms with E-state index in [4.69, 9.17) is 9.15 Å². The van der Waals surface area contributed by atoms with Crippen LogP contribution in [-0.4, -0.2) is 28.7 Å². The van der Waals surface area contributed by atoms with Crippen molar-refractivity contribution in [2.24, 2.45) is 5.10 Å². The fourth-order valence-corrected chi connectivity index (χ4v) is 2.62. The maximum absolute atomic E-state index is 12.0. The number of rotatable bonds is 6. The van der Waals surface area contributed by atoms with Crippen LogP contribution in [0.3, 0.4) is 0 Å². The molecule has 4 aromatic rings. The number of aromatic nitrogens is 2. The lowest BCUT2D eigenvalue weighted by molar-refractivity contribution is -0.123. The number of fused-ring (bicyclic) bond motifs is 1. The van der Waals surface area contributed by atoms with Crippen LogP contribution in [0, 0.1) is 0 Å². The molecule has 4 rings (SSSR count). The van der Waals surface area contributed by atoms with Gasteiger partial charge in [-0.25, -0.2) is 5.43 Å². The molecule has 3 heterocycles. The summed E-state index contributed by atoms with van der Waals surface area (Å²) < 4.78 is 10.6. The highest BCUT2D eigenvalue weighted by molar-refractivity contribution is 5.89. The van der Waals surface area contributed by atoms with Gasteiger partial charge < -0.3 is 14.1 Å². The molecule has 0 unspecified atom stereocenters. The minimum Gasteiger partial charge on any atom is -0.481 e. The molecule has 0 saturated carbocycles. The topological polar surface area (TPSA) is 92.5 Å². The van der Waals surface area contributed by atoms with Gasteiger partial charge in [0.15, 0.2) is 6.61 Å². The summed E-state index contributed by atoms with van der Waals surface area (Å²) in [6.45, 7) is -0.177. The number of hydrazone groups is 1. The summed E-state index contributed by atoms with van der Waals surface area (Å²) in [4.78, 5) is 19.4. The predicted molar refractivity (Wildman–Crippen MR) is 101 cm³/mol. The van der Waals surface area contributed by atoms with Crippen molar-refractivity contribution in [1.29, 1.82) is 0 Å². The van der Waals surface area contributed by atoms with E-state index in [0.717, 1.165) is 22.0 Å². The number of aromatic amines is 1. The molecule has 0 aliphatic carbocycles. The molecule has 0 atom stereocenters. The van der Waals surface area contributed by atoms with Crippen LogP contribution >= 0.6 is 0 Å². The molecule has 2 N–H and O–H groups in total. The van der Waals surface area contributed by atoms with Crippen LogP contribution in [0.4, 0.5) is 0 Å². The molecular weight excluding hydrogens is 344 g/mol. The number of nitrogens with one attached hydrogen (secondary N) is 2. The molecular formula is C20H16N4O3. The maximum atomic E-state index is 12.0. The summed E-state index contributed by atoms with van der Waals surface area (Å²) in [5.74, 6) is 0.129. The summed E-state index contributed by atoms with van der Waals surface area (Å²) in [5, 5.41) is 5.09. The Morgan fingerprint density at radius 1 is 1.30 bits per heavy atom. The molecule has 3 aromatic heterocycles. The molecule has 7 nitrogen and oxygen atoms in total. The minimum atomic E-state index is -0.366. The second-order valence-corrected chi connectivity index (χ2v) is 5.77. The van der Waals surface area contributed by atoms with Gasteiger partial charge in [-0.1, -0.05) is 12.1 Å². The third-order valence-electron chi connectivity index (χ3n) is 3.91. The zero-order valence-corrected chi connectivity index (χ0v) is 14.3. The summed E-state index contributed by atoms with van der Waals surface area (Å²) in [6.07, 6.45) is 8.24. The van der Waals surface area contributed by atoms with E-state index in [1.807, 2.05) is 30.5 Å². The van der Waals surface area contributed by atoms with Gasteiger partial charge in [-0.3, -0.25) is 9.78 Å². The summed E-state index contributed by atoms with van der Waals surface area (Å²) in [6, 6.07) is 13.1. The van der Waals surface area contributed by atoms with Gasteiger partial charge in [-0.05, 0) is 41.3 Å². The monoisotopic (exact) mass is 360 g/mol. The number of pyridine rings is 1. The van der Waals surface area contributed by atoms with Crippen molar-refractivity contribution in [2.75, 3.05) is 6.61 Å². The van der Waals surface area contributed by atoms with Crippen LogP contribution in [0.25, 0.3) is 22.2 Å². The first-order valence-electron chi connectivity index (χ1n) is 8.29. The van der Waals surface area contributed by atoms with E-state index < -0.39 is 0 Å².